The van der Waals surface area contributed by atoms with E-state index in [4.69, 9.17) is 16.0 Å². The van der Waals surface area contributed by atoms with Crippen LogP contribution in [0.4, 0.5) is 0 Å². The first-order valence-electron chi connectivity index (χ1n) is 8.59. The minimum Gasteiger partial charge on any atom is -0.467 e. The van der Waals surface area contributed by atoms with E-state index in [-0.39, 0.29) is 0 Å². The highest BCUT2D eigenvalue weighted by molar-refractivity contribution is 7.98. The third-order valence-electron chi connectivity index (χ3n) is 4.21. The molecule has 0 amide bonds. The van der Waals surface area contributed by atoms with E-state index < -0.39 is 0 Å². The molecule has 2 aromatic heterocycles. The molecule has 4 aromatic rings. The first-order chi connectivity index (χ1) is 13.2. The van der Waals surface area contributed by atoms with Gasteiger partial charge in [-0.25, -0.2) is 0 Å². The van der Waals surface area contributed by atoms with E-state index in [1.54, 1.807) is 18.0 Å². The van der Waals surface area contributed by atoms with Crippen molar-refractivity contribution in [1.29, 1.82) is 0 Å². The summed E-state index contributed by atoms with van der Waals surface area (Å²) in [6.07, 6.45) is 1.67. The van der Waals surface area contributed by atoms with Crippen LogP contribution >= 0.6 is 23.4 Å². The van der Waals surface area contributed by atoms with Gasteiger partial charge in [0.2, 0.25) is 0 Å². The number of aryl methyl sites for hydroxylation is 1. The Morgan fingerprint density at radius 2 is 1.81 bits per heavy atom. The van der Waals surface area contributed by atoms with Crippen LogP contribution in [-0.2, 0) is 12.3 Å². The van der Waals surface area contributed by atoms with Crippen LogP contribution in [-0.4, -0.2) is 14.8 Å². The molecule has 0 aliphatic heterocycles. The van der Waals surface area contributed by atoms with Crippen molar-refractivity contribution in [1.82, 2.24) is 14.8 Å². The zero-order valence-corrected chi connectivity index (χ0v) is 16.4. The average molecular weight is 396 g/mol. The van der Waals surface area contributed by atoms with Crippen molar-refractivity contribution in [2.24, 2.45) is 0 Å². The fourth-order valence-electron chi connectivity index (χ4n) is 2.77. The minimum absolute atomic E-state index is 0.552. The van der Waals surface area contributed by atoms with Crippen molar-refractivity contribution >= 4 is 23.4 Å². The average Bonchev–Trinajstić information content (AvgIpc) is 3.33. The lowest BCUT2D eigenvalue weighted by atomic mass is 10.2. The third-order valence-corrected chi connectivity index (χ3v) is 5.58. The van der Waals surface area contributed by atoms with E-state index >= 15 is 0 Å². The van der Waals surface area contributed by atoms with E-state index in [2.05, 4.69) is 46.0 Å². The number of aromatic nitrogens is 3. The Labute approximate surface area is 167 Å². The fourth-order valence-corrected chi connectivity index (χ4v) is 3.88. The second-order valence-corrected chi connectivity index (χ2v) is 7.58. The van der Waals surface area contributed by atoms with Gasteiger partial charge in [-0.3, -0.25) is 4.57 Å². The number of nitrogens with zero attached hydrogens (tertiary/aromatic N) is 3. The van der Waals surface area contributed by atoms with Crippen molar-refractivity contribution in [3.63, 3.8) is 0 Å². The van der Waals surface area contributed by atoms with Gasteiger partial charge in [0.25, 0.3) is 0 Å². The maximum atomic E-state index is 6.40. The maximum absolute atomic E-state index is 6.40. The Bertz CT molecular complexity index is 1030. The van der Waals surface area contributed by atoms with Gasteiger partial charge in [-0.05, 0) is 36.8 Å². The predicted octanol–water partition coefficient (Wildman–Crippen LogP) is 5.84. The number of rotatable bonds is 6. The van der Waals surface area contributed by atoms with Crippen LogP contribution in [0.5, 0.6) is 0 Å². The van der Waals surface area contributed by atoms with Crippen LogP contribution in [0.3, 0.4) is 0 Å². The molecule has 0 fully saturated rings. The highest BCUT2D eigenvalue weighted by atomic mass is 35.5. The van der Waals surface area contributed by atoms with Gasteiger partial charge in [-0.1, -0.05) is 65.3 Å². The minimum atomic E-state index is 0.552. The monoisotopic (exact) mass is 395 g/mol. The Morgan fingerprint density at radius 1 is 1.00 bits per heavy atom. The molecule has 0 aliphatic rings. The van der Waals surface area contributed by atoms with E-state index in [1.165, 1.54) is 11.1 Å². The SMILES string of the molecule is Cc1ccc(CSc2nnc(-c3ccccc3Cl)n2Cc2ccco2)cc1. The van der Waals surface area contributed by atoms with Crippen LogP contribution in [0.15, 0.2) is 76.5 Å². The summed E-state index contributed by atoms with van der Waals surface area (Å²) in [6.45, 7) is 2.64. The first kappa shape index (κ1) is 17.9. The van der Waals surface area contributed by atoms with Gasteiger partial charge >= 0.3 is 0 Å². The number of thioether (sulfide) groups is 1. The lowest BCUT2D eigenvalue weighted by molar-refractivity contribution is 0.485. The standard InChI is InChI=1S/C21H18ClN3OS/c1-15-8-10-16(11-9-15)14-27-21-24-23-20(18-6-2-3-7-19(18)22)25(21)13-17-5-4-12-26-17/h2-12H,13-14H2,1H3. The molecule has 0 saturated carbocycles. The van der Waals surface area contributed by atoms with Crippen LogP contribution < -0.4 is 0 Å². The molecule has 6 heteroatoms. The van der Waals surface area contributed by atoms with Crippen molar-refractivity contribution in [2.45, 2.75) is 24.4 Å². The largest absolute Gasteiger partial charge is 0.467 e. The summed E-state index contributed by atoms with van der Waals surface area (Å²) in [5.41, 5.74) is 3.36. The van der Waals surface area contributed by atoms with Crippen molar-refractivity contribution < 1.29 is 4.42 Å². The molecule has 27 heavy (non-hydrogen) atoms. The number of hydrogen-bond acceptors (Lipinski definition) is 4. The van der Waals surface area contributed by atoms with Gasteiger partial charge in [-0.15, -0.1) is 10.2 Å². The summed E-state index contributed by atoms with van der Waals surface area (Å²) in [6, 6.07) is 20.0. The quantitative estimate of drug-likeness (QED) is 0.384. The van der Waals surface area contributed by atoms with Gasteiger partial charge < -0.3 is 4.42 Å². The molecule has 0 aliphatic carbocycles. The van der Waals surface area contributed by atoms with Gasteiger partial charge in [0.05, 0.1) is 17.8 Å². The van der Waals surface area contributed by atoms with E-state index in [9.17, 15) is 0 Å². The third kappa shape index (κ3) is 4.10. The van der Waals surface area contributed by atoms with Gasteiger partial charge in [0.1, 0.15) is 5.76 Å². The van der Waals surface area contributed by atoms with Gasteiger partial charge in [-0.2, -0.15) is 0 Å². The normalized spacial score (nSPS) is 11.0. The second kappa shape index (κ2) is 8.03. The Hall–Kier alpha value is -2.50. The molecule has 4 nitrogen and oxygen atoms in total. The molecule has 0 saturated heterocycles. The van der Waals surface area contributed by atoms with E-state index in [0.29, 0.717) is 11.6 Å². The molecule has 0 radical (unpaired) electrons. The second-order valence-electron chi connectivity index (χ2n) is 6.23. The summed E-state index contributed by atoms with van der Waals surface area (Å²) >= 11 is 8.05. The topological polar surface area (TPSA) is 43.9 Å². The highest BCUT2D eigenvalue weighted by Crippen LogP contribution is 2.31. The van der Waals surface area contributed by atoms with Crippen LogP contribution in [0.1, 0.15) is 16.9 Å². The number of benzene rings is 2. The van der Waals surface area contributed by atoms with Crippen LogP contribution in [0, 0.1) is 6.92 Å². The number of hydrogen-bond donors (Lipinski definition) is 0. The smallest absolute Gasteiger partial charge is 0.192 e. The lowest BCUT2D eigenvalue weighted by Crippen LogP contribution is -2.03. The molecule has 0 spiro atoms. The molecule has 136 valence electrons. The van der Waals surface area contributed by atoms with Crippen molar-refractivity contribution in [2.75, 3.05) is 0 Å². The maximum Gasteiger partial charge on any atom is 0.192 e. The van der Waals surface area contributed by atoms with Gasteiger partial charge in [0.15, 0.2) is 11.0 Å². The van der Waals surface area contributed by atoms with E-state index in [1.807, 2.05) is 36.4 Å². The van der Waals surface area contributed by atoms with Crippen molar-refractivity contribution in [3.8, 4) is 11.4 Å². The van der Waals surface area contributed by atoms with E-state index in [0.717, 1.165) is 28.1 Å². The number of furan rings is 1. The Morgan fingerprint density at radius 3 is 2.56 bits per heavy atom. The Kier molecular flexibility index (Phi) is 5.32. The molecule has 2 aromatic carbocycles. The molecule has 4 rings (SSSR count). The highest BCUT2D eigenvalue weighted by Gasteiger charge is 2.17. The van der Waals surface area contributed by atoms with Crippen LogP contribution in [0.2, 0.25) is 5.02 Å². The molecule has 0 N–H and O–H groups in total. The lowest BCUT2D eigenvalue weighted by Gasteiger charge is -2.10. The summed E-state index contributed by atoms with van der Waals surface area (Å²) in [7, 11) is 0. The summed E-state index contributed by atoms with van der Waals surface area (Å²) in [5.74, 6) is 2.41. The summed E-state index contributed by atoms with van der Waals surface area (Å²) in [4.78, 5) is 0. The molecule has 0 bridgehead atoms. The number of halogens is 1. The zero-order valence-electron chi connectivity index (χ0n) is 14.8. The van der Waals surface area contributed by atoms with Gasteiger partial charge in [0, 0.05) is 11.3 Å². The Balaban J connectivity index is 1.66. The zero-order chi connectivity index (χ0) is 18.6. The molecule has 2 heterocycles. The molecular formula is C21H18ClN3OS. The van der Waals surface area contributed by atoms with Crippen LogP contribution in [0.25, 0.3) is 11.4 Å². The summed E-state index contributed by atoms with van der Waals surface area (Å²) in [5, 5.41) is 10.3. The van der Waals surface area contributed by atoms with Crippen molar-refractivity contribution in [3.05, 3.63) is 88.8 Å². The first-order valence-corrected chi connectivity index (χ1v) is 9.96. The summed E-state index contributed by atoms with van der Waals surface area (Å²) < 4.78 is 7.59. The predicted molar refractivity (Wildman–Crippen MR) is 109 cm³/mol. The molecule has 0 unspecified atom stereocenters. The fraction of sp³-hybridized carbons (Fsp3) is 0.143. The molecular weight excluding hydrogens is 378 g/mol. The molecule has 0 atom stereocenters.